The van der Waals surface area contributed by atoms with E-state index in [4.69, 9.17) is 4.74 Å². The lowest BCUT2D eigenvalue weighted by Gasteiger charge is -2.66. The highest BCUT2D eigenvalue weighted by molar-refractivity contribution is 5.70. The Labute approximate surface area is 151 Å². The number of allylic oxidation sites excluding steroid dienone is 1. The van der Waals surface area contributed by atoms with Gasteiger partial charge in [0.25, 0.3) is 0 Å². The largest absolute Gasteiger partial charge is 0.465 e. The molecule has 3 heteroatoms. The zero-order valence-corrected chi connectivity index (χ0v) is 15.5. The van der Waals surface area contributed by atoms with E-state index in [1.807, 2.05) is 0 Å². The summed E-state index contributed by atoms with van der Waals surface area (Å²) in [5, 5.41) is 0. The molecule has 3 saturated heterocycles. The number of hydrogen-bond donors (Lipinski definition) is 0. The highest BCUT2D eigenvalue weighted by atomic mass is 16.5. The molecular weight excluding hydrogens is 310 g/mol. The van der Waals surface area contributed by atoms with Gasteiger partial charge in [-0.25, -0.2) is 0 Å². The summed E-state index contributed by atoms with van der Waals surface area (Å²) in [5.41, 5.74) is 2.28. The lowest BCUT2D eigenvalue weighted by Crippen LogP contribution is -2.68. The number of hydrogen-bond acceptors (Lipinski definition) is 3. The summed E-state index contributed by atoms with van der Waals surface area (Å²) in [6.07, 6.45) is 12.4. The Hall–Kier alpha value is -0.830. The number of cyclic esters (lactones) is 1. The highest BCUT2D eigenvalue weighted by Crippen LogP contribution is 2.73. The van der Waals surface area contributed by atoms with Crippen molar-refractivity contribution in [3.8, 4) is 0 Å². The molecule has 3 nitrogen and oxygen atoms in total. The Balaban J connectivity index is 1.62. The van der Waals surface area contributed by atoms with E-state index in [1.54, 1.807) is 5.57 Å². The zero-order chi connectivity index (χ0) is 16.8. The van der Waals surface area contributed by atoms with Crippen molar-refractivity contribution in [1.29, 1.82) is 0 Å². The Kier molecular flexibility index (Phi) is 2.99. The lowest BCUT2D eigenvalue weighted by atomic mass is 9.42. The van der Waals surface area contributed by atoms with Crippen molar-refractivity contribution in [2.45, 2.75) is 64.3 Å². The minimum atomic E-state index is 0.0682. The number of rotatable bonds is 0. The maximum atomic E-state index is 12.4. The normalized spacial score (nSPS) is 54.0. The van der Waals surface area contributed by atoms with E-state index in [2.05, 4.69) is 17.9 Å². The van der Waals surface area contributed by atoms with E-state index in [9.17, 15) is 4.79 Å². The van der Waals surface area contributed by atoms with Crippen LogP contribution in [0.3, 0.4) is 0 Å². The molecule has 2 unspecified atom stereocenters. The number of nitrogens with zero attached hydrogens (tertiary/aromatic N) is 1. The fourth-order valence-corrected chi connectivity index (χ4v) is 8.75. The van der Waals surface area contributed by atoms with Crippen LogP contribution < -0.4 is 0 Å². The molecule has 136 valence electrons. The van der Waals surface area contributed by atoms with Crippen molar-refractivity contribution in [1.82, 2.24) is 4.90 Å². The molecular formula is C22H31NO2. The van der Waals surface area contributed by atoms with Gasteiger partial charge < -0.3 is 4.74 Å². The molecule has 3 aliphatic heterocycles. The molecule has 0 aromatic carbocycles. The summed E-state index contributed by atoms with van der Waals surface area (Å²) in [7, 11) is 0. The third-order valence-corrected chi connectivity index (χ3v) is 9.52. The topological polar surface area (TPSA) is 29.5 Å². The Bertz CT molecular complexity index is 656. The standard InChI is InChI=1S/C22H31NO2/c1-14-11-23-12-16-6-5-15-3-2-4-18(15)22-10-8-19(24)25-13-21(16,22)9-7-17(14)20(22)23/h4,14-17,20H,2-3,5-13H2,1H3/t14-,15-,16-,17-,20-,21?,22?/m1/s1. The Morgan fingerprint density at radius 3 is 3.00 bits per heavy atom. The van der Waals surface area contributed by atoms with Crippen molar-refractivity contribution in [2.75, 3.05) is 19.7 Å². The van der Waals surface area contributed by atoms with Gasteiger partial charge >= 0.3 is 5.97 Å². The zero-order valence-electron chi connectivity index (χ0n) is 15.5. The third kappa shape index (κ3) is 1.66. The molecule has 5 fully saturated rings. The molecule has 0 amide bonds. The van der Waals surface area contributed by atoms with E-state index in [1.165, 1.54) is 51.6 Å². The minimum Gasteiger partial charge on any atom is -0.465 e. The molecule has 0 aromatic rings. The summed E-state index contributed by atoms with van der Waals surface area (Å²) in [6, 6.07) is 0.687. The van der Waals surface area contributed by atoms with Gasteiger partial charge in [-0.2, -0.15) is 0 Å². The van der Waals surface area contributed by atoms with Gasteiger partial charge in [0.1, 0.15) is 0 Å². The Morgan fingerprint density at radius 2 is 2.08 bits per heavy atom. The molecule has 4 bridgehead atoms. The first-order valence-electron chi connectivity index (χ1n) is 10.8. The van der Waals surface area contributed by atoms with Crippen LogP contribution in [0.25, 0.3) is 0 Å². The van der Waals surface area contributed by atoms with E-state index < -0.39 is 0 Å². The molecule has 7 atom stereocenters. The predicted octanol–water partition coefficient (Wildman–Crippen LogP) is 3.79. The lowest BCUT2D eigenvalue weighted by molar-refractivity contribution is -0.174. The molecule has 3 aliphatic carbocycles. The number of carbonyl (C=O) groups excluding carboxylic acids is 1. The smallest absolute Gasteiger partial charge is 0.305 e. The summed E-state index contributed by atoms with van der Waals surface area (Å²) >= 11 is 0. The highest BCUT2D eigenvalue weighted by Gasteiger charge is 2.72. The first-order valence-corrected chi connectivity index (χ1v) is 10.8. The van der Waals surface area contributed by atoms with Crippen molar-refractivity contribution in [3.05, 3.63) is 11.6 Å². The summed E-state index contributed by atoms with van der Waals surface area (Å²) in [6.45, 7) is 5.76. The van der Waals surface area contributed by atoms with Gasteiger partial charge in [-0.05, 0) is 68.6 Å². The van der Waals surface area contributed by atoms with Crippen LogP contribution >= 0.6 is 0 Å². The van der Waals surface area contributed by atoms with Crippen LogP contribution in [0.5, 0.6) is 0 Å². The molecule has 6 rings (SSSR count). The van der Waals surface area contributed by atoms with Crippen LogP contribution in [-0.4, -0.2) is 36.6 Å². The monoisotopic (exact) mass is 341 g/mol. The fraction of sp³-hybridized carbons (Fsp3) is 0.864. The second-order valence-corrected chi connectivity index (χ2v) is 10.1. The van der Waals surface area contributed by atoms with Crippen molar-refractivity contribution < 1.29 is 9.53 Å². The summed E-state index contributed by atoms with van der Waals surface area (Å²) < 4.78 is 5.92. The number of ether oxygens (including phenoxy) is 1. The second kappa shape index (κ2) is 4.91. The van der Waals surface area contributed by atoms with Crippen LogP contribution in [-0.2, 0) is 9.53 Å². The summed E-state index contributed by atoms with van der Waals surface area (Å²) in [4.78, 5) is 15.2. The van der Waals surface area contributed by atoms with Crippen molar-refractivity contribution in [2.24, 2.45) is 34.5 Å². The third-order valence-electron chi connectivity index (χ3n) is 9.52. The van der Waals surface area contributed by atoms with Gasteiger partial charge in [0.05, 0.1) is 6.61 Å². The Morgan fingerprint density at radius 1 is 1.16 bits per heavy atom. The molecule has 2 saturated carbocycles. The van der Waals surface area contributed by atoms with Gasteiger partial charge in [0.15, 0.2) is 0 Å². The number of fused-ring (bicyclic) bond motifs is 1. The first kappa shape index (κ1) is 15.2. The number of esters is 1. The molecule has 3 heterocycles. The van der Waals surface area contributed by atoms with Gasteiger partial charge in [-0.3, -0.25) is 9.69 Å². The average molecular weight is 341 g/mol. The molecule has 0 radical (unpaired) electrons. The fourth-order valence-electron chi connectivity index (χ4n) is 8.75. The molecule has 25 heavy (non-hydrogen) atoms. The van der Waals surface area contributed by atoms with Crippen LogP contribution in [0.4, 0.5) is 0 Å². The van der Waals surface area contributed by atoms with Crippen LogP contribution in [0.1, 0.15) is 58.3 Å². The van der Waals surface area contributed by atoms with Gasteiger partial charge in [-0.15, -0.1) is 0 Å². The van der Waals surface area contributed by atoms with E-state index in [-0.39, 0.29) is 16.8 Å². The summed E-state index contributed by atoms with van der Waals surface area (Å²) in [5.74, 6) is 3.25. The maximum absolute atomic E-state index is 12.4. The number of piperidine rings is 1. The van der Waals surface area contributed by atoms with Gasteiger partial charge in [-0.1, -0.05) is 18.6 Å². The second-order valence-electron chi connectivity index (χ2n) is 10.1. The predicted molar refractivity (Wildman–Crippen MR) is 95.8 cm³/mol. The van der Waals surface area contributed by atoms with Crippen LogP contribution in [0.2, 0.25) is 0 Å². The molecule has 0 N–H and O–H groups in total. The number of carbonyl (C=O) groups is 1. The molecule has 6 aliphatic rings. The average Bonchev–Trinajstić information content (AvgIpc) is 3.14. The van der Waals surface area contributed by atoms with Crippen LogP contribution in [0, 0.1) is 34.5 Å². The van der Waals surface area contributed by atoms with Gasteiger partial charge in [0, 0.05) is 36.4 Å². The van der Waals surface area contributed by atoms with E-state index in [0.717, 1.165) is 30.1 Å². The molecule has 0 spiro atoms. The van der Waals surface area contributed by atoms with E-state index >= 15 is 0 Å². The van der Waals surface area contributed by atoms with E-state index in [0.29, 0.717) is 19.1 Å². The van der Waals surface area contributed by atoms with Crippen molar-refractivity contribution in [3.63, 3.8) is 0 Å². The van der Waals surface area contributed by atoms with Crippen molar-refractivity contribution >= 4 is 5.97 Å². The van der Waals surface area contributed by atoms with Gasteiger partial charge in [0.2, 0.25) is 0 Å². The SMILES string of the molecule is C[C@@H]1CN2C[C@H]3CC[C@H]4CCC=C4C45CCC(=O)OCC34CC[C@H]1[C@@H]25. The molecule has 0 aromatic heterocycles. The first-order chi connectivity index (χ1) is 12.2. The quantitative estimate of drug-likeness (QED) is 0.496. The minimum absolute atomic E-state index is 0.0682. The van der Waals surface area contributed by atoms with Crippen LogP contribution in [0.15, 0.2) is 11.6 Å². The maximum Gasteiger partial charge on any atom is 0.305 e.